The van der Waals surface area contributed by atoms with Crippen LogP contribution in [0.4, 0.5) is 0 Å². The zero-order valence-corrected chi connectivity index (χ0v) is 15.5. The number of aromatic amines is 1. The number of nitrogens with zero attached hydrogens (tertiary/aromatic N) is 3. The summed E-state index contributed by atoms with van der Waals surface area (Å²) in [5.41, 5.74) is 2.54. The Balaban J connectivity index is 1.64. The summed E-state index contributed by atoms with van der Waals surface area (Å²) in [5.74, 6) is 2.39. The van der Waals surface area contributed by atoms with E-state index in [2.05, 4.69) is 53.2 Å². The zero-order chi connectivity index (χ0) is 17.8. The molecule has 0 saturated heterocycles. The summed E-state index contributed by atoms with van der Waals surface area (Å²) in [4.78, 5) is 6.55. The van der Waals surface area contributed by atoms with Crippen molar-refractivity contribution in [2.24, 2.45) is 0 Å². The lowest BCUT2D eigenvalue weighted by atomic mass is 10.1. The van der Waals surface area contributed by atoms with E-state index < -0.39 is 0 Å². The van der Waals surface area contributed by atoms with Crippen molar-refractivity contribution in [2.75, 3.05) is 7.05 Å². The van der Waals surface area contributed by atoms with Crippen LogP contribution in [-0.2, 0) is 13.2 Å². The molecule has 0 aliphatic heterocycles. The van der Waals surface area contributed by atoms with Gasteiger partial charge in [0, 0.05) is 6.54 Å². The third kappa shape index (κ3) is 4.78. The highest BCUT2D eigenvalue weighted by Crippen LogP contribution is 2.10. The Bertz CT molecular complexity index is 918. The molecule has 0 radical (unpaired) electrons. The zero-order valence-electron chi connectivity index (χ0n) is 14.7. The standard InChI is InChI=1S/C19H22N4OS/c1-14-4-7-16(8-5-14)12-22(3)13-23-19(25)20-18(21-23)11-10-17-9-6-15(2)24-17/h4-11H,12-13H2,1-3H3,(H,20,21,25). The Labute approximate surface area is 152 Å². The van der Waals surface area contributed by atoms with Crippen LogP contribution >= 0.6 is 12.2 Å². The van der Waals surface area contributed by atoms with Crippen LogP contribution < -0.4 is 0 Å². The van der Waals surface area contributed by atoms with Gasteiger partial charge in [0.2, 0.25) is 4.77 Å². The van der Waals surface area contributed by atoms with Crippen molar-refractivity contribution >= 4 is 24.4 Å². The van der Waals surface area contributed by atoms with E-state index in [1.54, 1.807) is 0 Å². The van der Waals surface area contributed by atoms with E-state index in [1.165, 1.54) is 11.1 Å². The number of aromatic nitrogens is 3. The summed E-state index contributed by atoms with van der Waals surface area (Å²) in [7, 11) is 2.06. The van der Waals surface area contributed by atoms with Gasteiger partial charge in [-0.2, -0.15) is 4.98 Å². The number of furan rings is 1. The van der Waals surface area contributed by atoms with Gasteiger partial charge in [-0.25, -0.2) is 4.68 Å². The first kappa shape index (κ1) is 17.4. The second-order valence-corrected chi connectivity index (χ2v) is 6.61. The molecule has 3 rings (SSSR count). The maximum Gasteiger partial charge on any atom is 0.217 e. The Kier molecular flexibility index (Phi) is 5.31. The number of hydrogen-bond acceptors (Lipinski definition) is 4. The summed E-state index contributed by atoms with van der Waals surface area (Å²) >= 11 is 5.34. The molecule has 0 unspecified atom stereocenters. The van der Waals surface area contributed by atoms with Crippen molar-refractivity contribution in [1.29, 1.82) is 0 Å². The lowest BCUT2D eigenvalue weighted by molar-refractivity contribution is 0.244. The third-order valence-corrected chi connectivity index (χ3v) is 4.13. The van der Waals surface area contributed by atoms with E-state index in [4.69, 9.17) is 16.6 Å². The van der Waals surface area contributed by atoms with E-state index >= 15 is 0 Å². The molecule has 0 fully saturated rings. The molecule has 25 heavy (non-hydrogen) atoms. The summed E-state index contributed by atoms with van der Waals surface area (Å²) in [6.07, 6.45) is 3.74. The number of hydrogen-bond donors (Lipinski definition) is 1. The van der Waals surface area contributed by atoms with Crippen LogP contribution in [0.1, 0.15) is 28.5 Å². The molecule has 0 saturated carbocycles. The van der Waals surface area contributed by atoms with Crippen molar-refractivity contribution in [2.45, 2.75) is 27.1 Å². The summed E-state index contributed by atoms with van der Waals surface area (Å²) in [6, 6.07) is 12.4. The van der Waals surface area contributed by atoms with E-state index in [1.807, 2.05) is 35.9 Å². The van der Waals surface area contributed by atoms with Crippen LogP contribution in [0.25, 0.3) is 12.2 Å². The summed E-state index contributed by atoms with van der Waals surface area (Å²) in [5, 5.41) is 3.22. The molecule has 0 aliphatic rings. The van der Waals surface area contributed by atoms with Gasteiger partial charge in [0.1, 0.15) is 17.3 Å². The molecule has 5 nitrogen and oxygen atoms in total. The molecule has 1 aromatic carbocycles. The topological polar surface area (TPSA) is 50.0 Å². The SMILES string of the molecule is Cc1ccc(CN(C)Cn2[nH]c(C=Cc3ccc(C)o3)nc2=S)cc1. The van der Waals surface area contributed by atoms with Crippen LogP contribution in [0.5, 0.6) is 0 Å². The highest BCUT2D eigenvalue weighted by Gasteiger charge is 2.05. The van der Waals surface area contributed by atoms with E-state index in [0.29, 0.717) is 17.3 Å². The molecular weight excluding hydrogens is 332 g/mol. The average molecular weight is 354 g/mol. The van der Waals surface area contributed by atoms with Crippen molar-refractivity contribution < 1.29 is 4.42 Å². The molecule has 6 heteroatoms. The summed E-state index contributed by atoms with van der Waals surface area (Å²) < 4.78 is 7.90. The molecule has 2 aromatic heterocycles. The Morgan fingerprint density at radius 1 is 1.16 bits per heavy atom. The first-order valence-electron chi connectivity index (χ1n) is 8.15. The maximum atomic E-state index is 5.51. The van der Waals surface area contributed by atoms with Gasteiger partial charge in [-0.1, -0.05) is 29.8 Å². The predicted molar refractivity (Wildman–Crippen MR) is 102 cm³/mol. The van der Waals surface area contributed by atoms with Gasteiger partial charge in [-0.15, -0.1) is 0 Å². The fourth-order valence-electron chi connectivity index (χ4n) is 2.55. The molecular formula is C19H22N4OS. The fraction of sp³-hybridized carbons (Fsp3) is 0.263. The minimum atomic E-state index is 0.533. The number of benzene rings is 1. The van der Waals surface area contributed by atoms with Crippen molar-refractivity contribution in [3.63, 3.8) is 0 Å². The van der Waals surface area contributed by atoms with Gasteiger partial charge < -0.3 is 4.42 Å². The summed E-state index contributed by atoms with van der Waals surface area (Å²) in [6.45, 7) is 5.51. The quantitative estimate of drug-likeness (QED) is 0.666. The first-order valence-corrected chi connectivity index (χ1v) is 8.56. The molecule has 0 bridgehead atoms. The molecule has 0 spiro atoms. The van der Waals surface area contributed by atoms with Gasteiger partial charge in [0.15, 0.2) is 0 Å². The van der Waals surface area contributed by atoms with Crippen LogP contribution in [-0.4, -0.2) is 26.7 Å². The molecule has 2 heterocycles. The predicted octanol–water partition coefficient (Wildman–Crippen LogP) is 4.41. The molecule has 0 amide bonds. The third-order valence-electron chi connectivity index (χ3n) is 3.82. The molecule has 0 atom stereocenters. The molecule has 1 N–H and O–H groups in total. The molecule has 0 aliphatic carbocycles. The van der Waals surface area contributed by atoms with Crippen molar-refractivity contribution in [1.82, 2.24) is 19.7 Å². The monoisotopic (exact) mass is 354 g/mol. The van der Waals surface area contributed by atoms with Crippen LogP contribution in [0, 0.1) is 18.6 Å². The highest BCUT2D eigenvalue weighted by atomic mass is 32.1. The van der Waals surface area contributed by atoms with Gasteiger partial charge in [-0.3, -0.25) is 10.00 Å². The van der Waals surface area contributed by atoms with Crippen LogP contribution in [0.15, 0.2) is 40.8 Å². The van der Waals surface area contributed by atoms with Gasteiger partial charge in [0.25, 0.3) is 0 Å². The number of rotatable bonds is 6. The number of nitrogens with one attached hydrogen (secondary N) is 1. The van der Waals surface area contributed by atoms with E-state index in [0.717, 1.165) is 18.1 Å². The lowest BCUT2D eigenvalue weighted by Crippen LogP contribution is -2.22. The lowest BCUT2D eigenvalue weighted by Gasteiger charge is -2.17. The van der Waals surface area contributed by atoms with Gasteiger partial charge in [0.05, 0.1) is 6.67 Å². The fourth-order valence-corrected chi connectivity index (χ4v) is 2.75. The maximum absolute atomic E-state index is 5.51. The minimum Gasteiger partial charge on any atom is -0.462 e. The minimum absolute atomic E-state index is 0.533. The van der Waals surface area contributed by atoms with Crippen LogP contribution in [0.2, 0.25) is 0 Å². The smallest absolute Gasteiger partial charge is 0.217 e. The highest BCUT2D eigenvalue weighted by molar-refractivity contribution is 7.71. The largest absolute Gasteiger partial charge is 0.462 e. The average Bonchev–Trinajstić information content (AvgIpc) is 3.14. The Hall–Kier alpha value is -2.44. The van der Waals surface area contributed by atoms with Crippen molar-refractivity contribution in [3.05, 3.63) is 69.6 Å². The Morgan fingerprint density at radius 3 is 2.60 bits per heavy atom. The van der Waals surface area contributed by atoms with E-state index in [9.17, 15) is 0 Å². The first-order chi connectivity index (χ1) is 12.0. The van der Waals surface area contributed by atoms with Crippen molar-refractivity contribution in [3.8, 4) is 0 Å². The normalized spacial score (nSPS) is 11.7. The molecule has 130 valence electrons. The molecule has 3 aromatic rings. The van der Waals surface area contributed by atoms with E-state index in [-0.39, 0.29) is 0 Å². The Morgan fingerprint density at radius 2 is 1.92 bits per heavy atom. The van der Waals surface area contributed by atoms with Crippen LogP contribution in [0.3, 0.4) is 0 Å². The number of H-pyrrole nitrogens is 1. The second-order valence-electron chi connectivity index (χ2n) is 6.24. The number of aryl methyl sites for hydroxylation is 2. The van der Waals surface area contributed by atoms with Gasteiger partial charge in [-0.05, 0) is 63.0 Å². The second kappa shape index (κ2) is 7.63. The van der Waals surface area contributed by atoms with Gasteiger partial charge >= 0.3 is 0 Å².